The van der Waals surface area contributed by atoms with Gasteiger partial charge in [-0.3, -0.25) is 0 Å². The van der Waals surface area contributed by atoms with E-state index in [-0.39, 0.29) is 16.8 Å². The van der Waals surface area contributed by atoms with Crippen molar-refractivity contribution < 1.29 is 22.6 Å². The van der Waals surface area contributed by atoms with Crippen molar-refractivity contribution in [3.05, 3.63) is 84.4 Å². The maximum absolute atomic E-state index is 12.2. The second-order valence-electron chi connectivity index (χ2n) is 6.56. The minimum Gasteiger partial charge on any atom is -0.489 e. The largest absolute Gasteiger partial charge is 0.489 e. The molecule has 4 rings (SSSR count). The topological polar surface area (TPSA) is 65.1 Å². The summed E-state index contributed by atoms with van der Waals surface area (Å²) < 4.78 is 41.1. The van der Waals surface area contributed by atoms with Crippen molar-refractivity contribution in [2.24, 2.45) is 0 Å². The first-order valence-electron chi connectivity index (χ1n) is 8.98. The van der Waals surface area contributed by atoms with Crippen molar-refractivity contribution in [3.8, 4) is 17.2 Å². The number of hydrogen-bond donors (Lipinski definition) is 0. The van der Waals surface area contributed by atoms with E-state index in [2.05, 4.69) is 0 Å². The molecule has 1 aliphatic rings. The first-order chi connectivity index (χ1) is 13.6. The predicted molar refractivity (Wildman–Crippen MR) is 106 cm³/mol. The maximum atomic E-state index is 12.2. The van der Waals surface area contributed by atoms with Crippen molar-refractivity contribution in [1.29, 1.82) is 0 Å². The van der Waals surface area contributed by atoms with Crippen molar-refractivity contribution >= 4 is 9.84 Å². The van der Waals surface area contributed by atoms with Crippen LogP contribution in [0.1, 0.15) is 5.56 Å². The van der Waals surface area contributed by atoms with E-state index >= 15 is 0 Å². The Bertz CT molecular complexity index is 1030. The third-order valence-electron chi connectivity index (χ3n) is 4.28. The molecule has 1 aliphatic heterocycles. The number of sulfone groups is 1. The van der Waals surface area contributed by atoms with Crippen LogP contribution in [0.3, 0.4) is 0 Å². The van der Waals surface area contributed by atoms with E-state index < -0.39 is 9.84 Å². The van der Waals surface area contributed by atoms with Crippen LogP contribution in [0.2, 0.25) is 0 Å². The lowest BCUT2D eigenvalue weighted by Crippen LogP contribution is -2.11. The first-order valence-corrected chi connectivity index (χ1v) is 10.6. The Labute approximate surface area is 164 Å². The van der Waals surface area contributed by atoms with Crippen molar-refractivity contribution in [2.75, 3.05) is 12.4 Å². The third kappa shape index (κ3) is 4.91. The van der Waals surface area contributed by atoms with E-state index in [0.717, 1.165) is 5.56 Å². The molecule has 1 heterocycles. The van der Waals surface area contributed by atoms with E-state index in [0.29, 0.717) is 30.5 Å². The van der Waals surface area contributed by atoms with Crippen LogP contribution in [0.15, 0.2) is 83.8 Å². The van der Waals surface area contributed by atoms with Crippen LogP contribution in [-0.2, 0) is 21.2 Å². The number of ether oxygens (including phenoxy) is 3. The fraction of sp³-hybridized carbons (Fsp3) is 0.182. The van der Waals surface area contributed by atoms with Crippen LogP contribution < -0.4 is 9.47 Å². The molecule has 1 fully saturated rings. The highest BCUT2D eigenvalue weighted by atomic mass is 32.2. The van der Waals surface area contributed by atoms with E-state index in [4.69, 9.17) is 14.2 Å². The highest BCUT2D eigenvalue weighted by molar-refractivity contribution is 7.91. The summed E-state index contributed by atoms with van der Waals surface area (Å²) in [6.45, 7) is 0.991. The number of hydrogen-bond acceptors (Lipinski definition) is 5. The number of rotatable bonds is 8. The Kier molecular flexibility index (Phi) is 5.32. The summed E-state index contributed by atoms with van der Waals surface area (Å²) in [5.74, 6) is 1.90. The average Bonchev–Trinajstić information content (AvgIpc) is 3.51. The molecule has 3 aromatic carbocycles. The normalized spacial score (nSPS) is 15.8. The van der Waals surface area contributed by atoms with Crippen molar-refractivity contribution in [1.82, 2.24) is 0 Å². The first kappa shape index (κ1) is 18.5. The van der Waals surface area contributed by atoms with Gasteiger partial charge in [-0.15, -0.1) is 0 Å². The fourth-order valence-corrected chi connectivity index (χ4v) is 4.15. The summed E-state index contributed by atoms with van der Waals surface area (Å²) in [6.07, 6.45) is -0.167. The Morgan fingerprint density at radius 3 is 2.29 bits per heavy atom. The third-order valence-corrected chi connectivity index (χ3v) is 6.08. The van der Waals surface area contributed by atoms with Gasteiger partial charge >= 0.3 is 0 Å². The van der Waals surface area contributed by atoms with Gasteiger partial charge in [-0.2, -0.15) is 0 Å². The Morgan fingerprint density at radius 2 is 1.57 bits per heavy atom. The van der Waals surface area contributed by atoms with Crippen LogP contribution in [0, 0.1) is 0 Å². The van der Waals surface area contributed by atoms with Crippen molar-refractivity contribution in [3.63, 3.8) is 0 Å². The van der Waals surface area contributed by atoms with Gasteiger partial charge < -0.3 is 14.2 Å². The lowest BCUT2D eigenvalue weighted by Gasteiger charge is -2.10. The predicted octanol–water partition coefficient (Wildman–Crippen LogP) is 4.23. The molecule has 3 aromatic rings. The maximum Gasteiger partial charge on any atom is 0.181 e. The van der Waals surface area contributed by atoms with Gasteiger partial charge in [0.05, 0.1) is 23.4 Å². The van der Waals surface area contributed by atoms with Gasteiger partial charge in [0.15, 0.2) is 9.84 Å². The molecule has 5 nitrogen and oxygen atoms in total. The molecule has 0 aromatic heterocycles. The van der Waals surface area contributed by atoms with E-state index in [9.17, 15) is 8.42 Å². The Hall–Kier alpha value is -2.83. The zero-order valence-corrected chi connectivity index (χ0v) is 16.0. The van der Waals surface area contributed by atoms with Gasteiger partial charge in [-0.1, -0.05) is 36.4 Å². The molecule has 1 unspecified atom stereocenters. The highest BCUT2D eigenvalue weighted by Crippen LogP contribution is 2.27. The number of benzene rings is 3. The Balaban J connectivity index is 1.40. The molecule has 6 heteroatoms. The molecule has 0 saturated carbocycles. The summed E-state index contributed by atoms with van der Waals surface area (Å²) in [5.41, 5.74) is 1.09. The Morgan fingerprint density at radius 1 is 0.857 bits per heavy atom. The van der Waals surface area contributed by atoms with Crippen LogP contribution >= 0.6 is 0 Å². The zero-order valence-electron chi connectivity index (χ0n) is 15.2. The summed E-state index contributed by atoms with van der Waals surface area (Å²) in [5, 5.41) is 0. The minimum atomic E-state index is -3.33. The fourth-order valence-electron chi connectivity index (χ4n) is 2.72. The van der Waals surface area contributed by atoms with Gasteiger partial charge in [0.1, 0.15) is 23.9 Å². The van der Waals surface area contributed by atoms with Gasteiger partial charge in [0.2, 0.25) is 0 Å². The van der Waals surface area contributed by atoms with Crippen molar-refractivity contribution in [2.45, 2.75) is 17.6 Å². The summed E-state index contributed by atoms with van der Waals surface area (Å²) in [4.78, 5) is 0.273. The summed E-state index contributed by atoms with van der Waals surface area (Å²) >= 11 is 0. The number of epoxide rings is 1. The molecule has 0 amide bonds. The molecule has 1 saturated heterocycles. The lowest BCUT2D eigenvalue weighted by molar-refractivity contribution is 0.304. The standard InChI is InChI=1S/C22H20O5S/c23-28(24,16-21-15-26-21)22-11-9-18(10-12-22)27-20-8-4-7-19(13-20)25-14-17-5-2-1-3-6-17/h1-13,21H,14-16H2. The van der Waals surface area contributed by atoms with Crippen LogP contribution in [0.5, 0.6) is 17.2 Å². The monoisotopic (exact) mass is 396 g/mol. The molecular weight excluding hydrogens is 376 g/mol. The molecule has 0 N–H and O–H groups in total. The minimum absolute atomic E-state index is 0.0218. The van der Waals surface area contributed by atoms with E-state index in [1.54, 1.807) is 30.3 Å². The quantitative estimate of drug-likeness (QED) is 0.533. The molecule has 0 aliphatic carbocycles. The van der Waals surface area contributed by atoms with Crippen LogP contribution in [0.4, 0.5) is 0 Å². The molecule has 0 radical (unpaired) electrons. The smallest absolute Gasteiger partial charge is 0.181 e. The molecular formula is C22H20O5S. The SMILES string of the molecule is O=S(=O)(CC1CO1)c1ccc(Oc2cccc(OCc3ccccc3)c2)cc1. The molecule has 144 valence electrons. The summed E-state index contributed by atoms with van der Waals surface area (Å²) in [6, 6.07) is 23.7. The molecule has 28 heavy (non-hydrogen) atoms. The second-order valence-corrected chi connectivity index (χ2v) is 8.59. The van der Waals surface area contributed by atoms with Gasteiger partial charge in [-0.25, -0.2) is 8.42 Å². The van der Waals surface area contributed by atoms with E-state index in [1.165, 1.54) is 0 Å². The zero-order chi connectivity index (χ0) is 19.4. The van der Waals surface area contributed by atoms with Crippen LogP contribution in [0.25, 0.3) is 0 Å². The van der Waals surface area contributed by atoms with Gasteiger partial charge in [-0.05, 0) is 42.0 Å². The van der Waals surface area contributed by atoms with Crippen LogP contribution in [-0.4, -0.2) is 26.9 Å². The molecule has 0 spiro atoms. The molecule has 1 atom stereocenters. The highest BCUT2D eigenvalue weighted by Gasteiger charge is 2.30. The van der Waals surface area contributed by atoms with Gasteiger partial charge in [0, 0.05) is 6.07 Å². The van der Waals surface area contributed by atoms with E-state index in [1.807, 2.05) is 48.5 Å². The molecule has 0 bridgehead atoms. The second kappa shape index (κ2) is 8.04. The van der Waals surface area contributed by atoms with Gasteiger partial charge in [0.25, 0.3) is 0 Å². The summed E-state index contributed by atoms with van der Waals surface area (Å²) in [7, 11) is -3.33. The lowest BCUT2D eigenvalue weighted by atomic mass is 10.2. The average molecular weight is 396 g/mol.